The van der Waals surface area contributed by atoms with Crippen molar-refractivity contribution in [1.29, 1.82) is 0 Å². The summed E-state index contributed by atoms with van der Waals surface area (Å²) < 4.78 is 5.09. The second-order valence-corrected chi connectivity index (χ2v) is 7.53. The Morgan fingerprint density at radius 2 is 1.52 bits per heavy atom. The number of carbonyl (C=O) groups excluding carboxylic acids is 1. The third kappa shape index (κ3) is 12.0. The van der Waals surface area contributed by atoms with E-state index in [1.807, 2.05) is 0 Å². The summed E-state index contributed by atoms with van der Waals surface area (Å²) in [5.41, 5.74) is 0.670. The normalized spacial score (nSPS) is 11.5. The van der Waals surface area contributed by atoms with E-state index in [0.717, 1.165) is 32.1 Å². The average Bonchev–Trinajstić information content (AvgIpc) is 2.67. The molecule has 0 bridgehead atoms. The third-order valence-corrected chi connectivity index (χ3v) is 4.77. The number of aryl methyl sites for hydroxylation is 1. The van der Waals surface area contributed by atoms with Gasteiger partial charge in [0, 0.05) is 18.6 Å². The maximum atomic E-state index is 11.2. The molecule has 1 aromatic carbocycles. The van der Waals surface area contributed by atoms with Crippen LogP contribution in [0.2, 0.25) is 0 Å². The van der Waals surface area contributed by atoms with E-state index in [0.29, 0.717) is 12.0 Å². The van der Waals surface area contributed by atoms with Gasteiger partial charge in [0.1, 0.15) is 5.75 Å². The van der Waals surface area contributed by atoms with Gasteiger partial charge in [0.25, 0.3) is 0 Å². The maximum Gasteiger partial charge on any atom is 0.308 e. The SMILES string of the molecule is CCCCCC=CCC=CCCCCCCCc1cc(O)cc(O)c1OC(C)=O. The molecule has 0 heterocycles. The molecule has 0 saturated carbocycles. The monoisotopic (exact) mass is 402 g/mol. The number of allylic oxidation sites excluding steroid dienone is 4. The van der Waals surface area contributed by atoms with E-state index in [-0.39, 0.29) is 17.2 Å². The zero-order valence-corrected chi connectivity index (χ0v) is 18.2. The fourth-order valence-corrected chi connectivity index (χ4v) is 3.23. The van der Waals surface area contributed by atoms with Gasteiger partial charge in [0.2, 0.25) is 0 Å². The summed E-state index contributed by atoms with van der Waals surface area (Å²) in [6, 6.07) is 2.75. The molecule has 0 unspecified atom stereocenters. The molecule has 0 atom stereocenters. The van der Waals surface area contributed by atoms with Crippen LogP contribution in [0.1, 0.15) is 90.0 Å². The van der Waals surface area contributed by atoms with Crippen molar-refractivity contribution in [2.24, 2.45) is 0 Å². The average molecular weight is 403 g/mol. The minimum absolute atomic E-state index is 0.0176. The van der Waals surface area contributed by atoms with Crippen molar-refractivity contribution in [2.45, 2.75) is 90.9 Å². The van der Waals surface area contributed by atoms with Gasteiger partial charge < -0.3 is 14.9 Å². The number of phenols is 2. The summed E-state index contributed by atoms with van der Waals surface area (Å²) in [4.78, 5) is 11.2. The lowest BCUT2D eigenvalue weighted by Crippen LogP contribution is -2.04. The van der Waals surface area contributed by atoms with Crippen molar-refractivity contribution >= 4 is 5.97 Å². The number of phenolic OH excluding ortho intramolecular Hbond substituents is 2. The number of esters is 1. The second kappa shape index (κ2) is 15.7. The molecule has 162 valence electrons. The Hall–Kier alpha value is -2.23. The quantitative estimate of drug-likeness (QED) is 0.144. The van der Waals surface area contributed by atoms with Crippen LogP contribution in [-0.4, -0.2) is 16.2 Å². The van der Waals surface area contributed by atoms with E-state index < -0.39 is 5.97 Å². The number of aromatic hydroxyl groups is 2. The lowest BCUT2D eigenvalue weighted by atomic mass is 10.0. The van der Waals surface area contributed by atoms with Crippen molar-refractivity contribution in [3.63, 3.8) is 0 Å². The molecule has 1 rings (SSSR count). The summed E-state index contributed by atoms with van der Waals surface area (Å²) in [5.74, 6) is -0.527. The Balaban J connectivity index is 2.14. The molecule has 0 aliphatic carbocycles. The van der Waals surface area contributed by atoms with Crippen LogP contribution < -0.4 is 4.74 Å². The van der Waals surface area contributed by atoms with Crippen LogP contribution >= 0.6 is 0 Å². The van der Waals surface area contributed by atoms with Crippen LogP contribution in [0.5, 0.6) is 17.2 Å². The molecule has 0 aliphatic rings. The summed E-state index contributed by atoms with van der Waals surface area (Å²) >= 11 is 0. The van der Waals surface area contributed by atoms with Gasteiger partial charge in [0.15, 0.2) is 11.5 Å². The maximum absolute atomic E-state index is 11.2. The molecule has 29 heavy (non-hydrogen) atoms. The Morgan fingerprint density at radius 3 is 2.17 bits per heavy atom. The molecule has 1 aromatic rings. The van der Waals surface area contributed by atoms with E-state index in [1.165, 1.54) is 51.5 Å². The van der Waals surface area contributed by atoms with Crippen molar-refractivity contribution < 1.29 is 19.7 Å². The van der Waals surface area contributed by atoms with Gasteiger partial charge in [-0.1, -0.05) is 63.3 Å². The second-order valence-electron chi connectivity index (χ2n) is 7.53. The molecule has 0 aliphatic heterocycles. The Kier molecular flexibility index (Phi) is 13.4. The van der Waals surface area contributed by atoms with E-state index in [9.17, 15) is 15.0 Å². The predicted molar refractivity (Wildman–Crippen MR) is 120 cm³/mol. The highest BCUT2D eigenvalue weighted by molar-refractivity contribution is 5.71. The first kappa shape index (κ1) is 24.8. The number of rotatable bonds is 15. The fraction of sp³-hybridized carbons (Fsp3) is 0.560. The standard InChI is InChI=1S/C25H38O4/c1-3-4-5-6-7-8-9-10-11-12-13-14-15-16-17-18-22-19-23(27)20-24(28)25(22)29-21(2)26/h7-8,10-11,19-20,27-28H,3-6,9,12-18H2,1-2H3. The molecule has 0 radical (unpaired) electrons. The first-order chi connectivity index (χ1) is 14.0. The molecule has 0 spiro atoms. The summed E-state index contributed by atoms with van der Waals surface area (Å²) in [5, 5.41) is 19.6. The van der Waals surface area contributed by atoms with Gasteiger partial charge in [-0.05, 0) is 51.0 Å². The highest BCUT2D eigenvalue weighted by Gasteiger charge is 2.13. The van der Waals surface area contributed by atoms with Crippen molar-refractivity contribution in [3.8, 4) is 17.2 Å². The minimum Gasteiger partial charge on any atom is -0.508 e. The lowest BCUT2D eigenvalue weighted by molar-refractivity contribution is -0.132. The van der Waals surface area contributed by atoms with Crippen LogP contribution in [0.4, 0.5) is 0 Å². The zero-order chi connectivity index (χ0) is 21.3. The van der Waals surface area contributed by atoms with Gasteiger partial charge in [-0.3, -0.25) is 4.79 Å². The van der Waals surface area contributed by atoms with Crippen molar-refractivity contribution in [1.82, 2.24) is 0 Å². The van der Waals surface area contributed by atoms with Crippen LogP contribution in [0, 0.1) is 0 Å². The van der Waals surface area contributed by atoms with Crippen molar-refractivity contribution in [3.05, 3.63) is 42.0 Å². The Bertz CT molecular complexity index is 646. The minimum atomic E-state index is -0.479. The third-order valence-electron chi connectivity index (χ3n) is 4.77. The van der Waals surface area contributed by atoms with Gasteiger partial charge in [-0.25, -0.2) is 0 Å². The largest absolute Gasteiger partial charge is 0.508 e. The molecule has 2 N–H and O–H groups in total. The molecule has 0 aromatic heterocycles. The predicted octanol–water partition coefficient (Wildman–Crippen LogP) is 6.99. The molecular formula is C25H38O4. The van der Waals surface area contributed by atoms with Crippen molar-refractivity contribution in [2.75, 3.05) is 0 Å². The summed E-state index contributed by atoms with van der Waals surface area (Å²) in [6.07, 6.45) is 22.5. The number of ether oxygens (including phenoxy) is 1. The zero-order valence-electron chi connectivity index (χ0n) is 18.2. The highest BCUT2D eigenvalue weighted by Crippen LogP contribution is 2.35. The first-order valence-corrected chi connectivity index (χ1v) is 11.1. The molecule has 0 fully saturated rings. The molecular weight excluding hydrogens is 364 g/mol. The van der Waals surface area contributed by atoms with Gasteiger partial charge in [0.05, 0.1) is 0 Å². The number of hydrogen-bond acceptors (Lipinski definition) is 4. The Labute approximate surface area is 176 Å². The van der Waals surface area contributed by atoms with Crippen LogP contribution in [0.25, 0.3) is 0 Å². The number of unbranched alkanes of at least 4 members (excludes halogenated alkanes) is 8. The Morgan fingerprint density at radius 1 is 0.897 bits per heavy atom. The molecule has 0 saturated heterocycles. The van der Waals surface area contributed by atoms with E-state index in [1.54, 1.807) is 6.07 Å². The van der Waals surface area contributed by atoms with Gasteiger partial charge in [-0.15, -0.1) is 0 Å². The number of benzene rings is 1. The summed E-state index contributed by atoms with van der Waals surface area (Å²) in [7, 11) is 0. The van der Waals surface area contributed by atoms with Gasteiger partial charge >= 0.3 is 5.97 Å². The van der Waals surface area contributed by atoms with Crippen LogP contribution in [0.3, 0.4) is 0 Å². The topological polar surface area (TPSA) is 66.8 Å². The first-order valence-electron chi connectivity index (χ1n) is 11.1. The molecule has 4 heteroatoms. The van der Waals surface area contributed by atoms with E-state index >= 15 is 0 Å². The van der Waals surface area contributed by atoms with Crippen LogP contribution in [-0.2, 0) is 11.2 Å². The number of hydrogen-bond donors (Lipinski definition) is 2. The van der Waals surface area contributed by atoms with Crippen LogP contribution in [0.15, 0.2) is 36.4 Å². The lowest BCUT2D eigenvalue weighted by Gasteiger charge is -2.11. The molecule has 0 amide bonds. The number of carbonyl (C=O) groups is 1. The van der Waals surface area contributed by atoms with Gasteiger partial charge in [-0.2, -0.15) is 0 Å². The van der Waals surface area contributed by atoms with E-state index in [2.05, 4.69) is 31.2 Å². The fourth-order valence-electron chi connectivity index (χ4n) is 3.23. The smallest absolute Gasteiger partial charge is 0.308 e. The molecule has 4 nitrogen and oxygen atoms in total. The highest BCUT2D eigenvalue weighted by atomic mass is 16.5. The summed E-state index contributed by atoms with van der Waals surface area (Å²) in [6.45, 7) is 3.53. The van der Waals surface area contributed by atoms with E-state index in [4.69, 9.17) is 4.74 Å².